The van der Waals surface area contributed by atoms with E-state index >= 15 is 0 Å². The molecule has 1 N–H and O–H groups in total. The molecule has 0 aromatic heterocycles. The van der Waals surface area contributed by atoms with E-state index in [4.69, 9.17) is 14.2 Å². The first-order chi connectivity index (χ1) is 18.7. The van der Waals surface area contributed by atoms with Crippen LogP contribution < -0.4 is 9.47 Å². The van der Waals surface area contributed by atoms with Gasteiger partial charge in [-0.2, -0.15) is 0 Å². The van der Waals surface area contributed by atoms with E-state index in [1.807, 2.05) is 30.3 Å². The van der Waals surface area contributed by atoms with E-state index < -0.39 is 5.97 Å². The smallest absolute Gasteiger partial charge is 0.307 e. The number of aliphatic carboxylic acids is 1. The fourth-order valence-electron chi connectivity index (χ4n) is 6.48. The Labute approximate surface area is 228 Å². The van der Waals surface area contributed by atoms with Crippen molar-refractivity contribution in [3.8, 4) is 22.6 Å². The lowest BCUT2D eigenvalue weighted by Gasteiger charge is -2.37. The van der Waals surface area contributed by atoms with Crippen molar-refractivity contribution in [1.82, 2.24) is 0 Å². The summed E-state index contributed by atoms with van der Waals surface area (Å²) >= 11 is 0. The Hall–Kier alpha value is -3.38. The summed E-state index contributed by atoms with van der Waals surface area (Å²) in [5, 5.41) is 9.45. The maximum Gasteiger partial charge on any atom is 0.307 e. The summed E-state index contributed by atoms with van der Waals surface area (Å²) in [4.78, 5) is 11.5. The summed E-state index contributed by atoms with van der Waals surface area (Å²) in [5.41, 5.74) is 8.08. The van der Waals surface area contributed by atoms with Crippen molar-refractivity contribution < 1.29 is 28.5 Å². The van der Waals surface area contributed by atoms with Crippen molar-refractivity contribution in [2.24, 2.45) is 17.3 Å². The molecule has 5 nitrogen and oxygen atoms in total. The van der Waals surface area contributed by atoms with Gasteiger partial charge in [-0.15, -0.1) is 0 Å². The molecule has 1 heterocycles. The van der Waals surface area contributed by atoms with E-state index in [2.05, 4.69) is 33.8 Å². The third-order valence-electron chi connectivity index (χ3n) is 8.68. The van der Waals surface area contributed by atoms with Gasteiger partial charge >= 0.3 is 5.97 Å². The van der Waals surface area contributed by atoms with E-state index in [9.17, 15) is 14.3 Å². The second-order valence-electron chi connectivity index (χ2n) is 11.9. The Kier molecular flexibility index (Phi) is 6.41. The van der Waals surface area contributed by atoms with E-state index in [-0.39, 0.29) is 35.6 Å². The van der Waals surface area contributed by atoms with Crippen molar-refractivity contribution in [3.63, 3.8) is 0 Å². The highest BCUT2D eigenvalue weighted by Crippen LogP contribution is 2.62. The normalized spacial score (nSPS) is 22.0. The van der Waals surface area contributed by atoms with Crippen molar-refractivity contribution >= 4 is 5.97 Å². The molecule has 3 unspecified atom stereocenters. The fourth-order valence-corrected chi connectivity index (χ4v) is 6.48. The molecule has 3 atom stereocenters. The maximum absolute atomic E-state index is 14.9. The van der Waals surface area contributed by atoms with Gasteiger partial charge in [-0.05, 0) is 102 Å². The molecule has 204 valence electrons. The lowest BCUT2D eigenvalue weighted by molar-refractivity contribution is -0.139. The molecule has 0 bridgehead atoms. The lowest BCUT2D eigenvalue weighted by atomic mass is 9.90. The van der Waals surface area contributed by atoms with Crippen molar-refractivity contribution in [2.75, 3.05) is 19.8 Å². The number of hydrogen-bond acceptors (Lipinski definition) is 4. The Bertz CT molecular complexity index is 1430. The number of benzene rings is 3. The molecule has 0 spiro atoms. The van der Waals surface area contributed by atoms with Gasteiger partial charge in [0.25, 0.3) is 0 Å². The quantitative estimate of drug-likeness (QED) is 0.336. The van der Waals surface area contributed by atoms with Gasteiger partial charge in [-0.3, -0.25) is 4.79 Å². The summed E-state index contributed by atoms with van der Waals surface area (Å²) in [6.07, 6.45) is 1.53. The Morgan fingerprint density at radius 3 is 2.46 bits per heavy atom. The zero-order valence-corrected chi connectivity index (χ0v) is 23.0. The number of aryl methyl sites for hydroxylation is 3. The molecule has 0 radical (unpaired) electrons. The minimum Gasteiger partial charge on any atom is -0.493 e. The van der Waals surface area contributed by atoms with Crippen molar-refractivity contribution in [3.05, 3.63) is 81.7 Å². The van der Waals surface area contributed by atoms with Gasteiger partial charge in [0.1, 0.15) is 23.9 Å². The molecule has 1 aliphatic heterocycles. The van der Waals surface area contributed by atoms with E-state index in [0.29, 0.717) is 12.2 Å². The summed E-state index contributed by atoms with van der Waals surface area (Å²) in [5.74, 6) is 0.677. The van der Waals surface area contributed by atoms with E-state index in [0.717, 1.165) is 76.5 Å². The average molecular weight is 531 g/mol. The second-order valence-corrected chi connectivity index (χ2v) is 11.9. The van der Waals surface area contributed by atoms with Crippen LogP contribution >= 0.6 is 0 Å². The highest BCUT2D eigenvalue weighted by atomic mass is 19.1. The van der Waals surface area contributed by atoms with E-state index in [1.165, 1.54) is 6.07 Å². The maximum atomic E-state index is 14.9. The molecule has 3 aliphatic rings. The van der Waals surface area contributed by atoms with Crippen LogP contribution in [-0.4, -0.2) is 30.9 Å². The average Bonchev–Trinajstić information content (AvgIpc) is 3.49. The zero-order chi connectivity index (χ0) is 27.5. The van der Waals surface area contributed by atoms with Gasteiger partial charge in [0, 0.05) is 16.9 Å². The molecule has 3 aromatic carbocycles. The van der Waals surface area contributed by atoms with Crippen LogP contribution in [0.5, 0.6) is 11.5 Å². The number of fused-ring (bicyclic) bond motifs is 3. The van der Waals surface area contributed by atoms with Crippen molar-refractivity contribution in [2.45, 2.75) is 53.1 Å². The number of carboxylic acids is 1. The number of ether oxygens (including phenoxy) is 3. The predicted octanol–water partition coefficient (Wildman–Crippen LogP) is 6.64. The highest BCUT2D eigenvalue weighted by Gasteiger charge is 2.59. The molecule has 2 fully saturated rings. The third-order valence-corrected chi connectivity index (χ3v) is 8.68. The Balaban J connectivity index is 1.20. The van der Waals surface area contributed by atoms with Crippen LogP contribution in [0, 0.1) is 36.9 Å². The van der Waals surface area contributed by atoms with Gasteiger partial charge in [0.05, 0.1) is 25.7 Å². The first-order valence-electron chi connectivity index (χ1n) is 13.8. The van der Waals surface area contributed by atoms with Crippen LogP contribution in [0.25, 0.3) is 11.1 Å². The Morgan fingerprint density at radius 1 is 1.08 bits per heavy atom. The molecule has 6 rings (SSSR count). The molecule has 1 saturated heterocycles. The molecule has 1 saturated carbocycles. The van der Waals surface area contributed by atoms with Gasteiger partial charge in [-0.25, -0.2) is 4.39 Å². The van der Waals surface area contributed by atoms with Crippen LogP contribution in [-0.2, 0) is 29.0 Å². The van der Waals surface area contributed by atoms with Crippen LogP contribution in [0.4, 0.5) is 4.39 Å². The molecule has 0 amide bonds. The predicted molar refractivity (Wildman–Crippen MR) is 147 cm³/mol. The van der Waals surface area contributed by atoms with E-state index in [1.54, 1.807) is 0 Å². The minimum absolute atomic E-state index is 0.0735. The molecular weight excluding hydrogens is 495 g/mol. The molecule has 3 aromatic rings. The number of carboxylic acid groups (broad SMARTS) is 1. The lowest BCUT2D eigenvalue weighted by Crippen LogP contribution is -2.44. The van der Waals surface area contributed by atoms with Gasteiger partial charge in [-0.1, -0.05) is 26.0 Å². The Morgan fingerprint density at radius 2 is 1.82 bits per heavy atom. The van der Waals surface area contributed by atoms with Gasteiger partial charge < -0.3 is 19.3 Å². The summed E-state index contributed by atoms with van der Waals surface area (Å²) in [6.45, 7) is 10.5. The van der Waals surface area contributed by atoms with Crippen molar-refractivity contribution in [1.29, 1.82) is 0 Å². The molecule has 6 heteroatoms. The first kappa shape index (κ1) is 25.9. The molecule has 2 aliphatic carbocycles. The zero-order valence-electron chi connectivity index (χ0n) is 23.0. The number of hydrogen-bond donors (Lipinski definition) is 1. The number of rotatable bonds is 9. The minimum atomic E-state index is -0.699. The van der Waals surface area contributed by atoms with Crippen LogP contribution in [0.3, 0.4) is 0 Å². The monoisotopic (exact) mass is 530 g/mol. The number of halogens is 1. The molecule has 39 heavy (non-hydrogen) atoms. The molecular formula is C33H35FO5. The standard InChI is InChI=1S/C33H35FO5/c1-5-20-11-25-22(12-26-30(25)31(26)32(35)36)13-28(20)38-14-23-10-21(6-7-27(23)34)29-18(2)8-24(9-19(29)3)39-17-33(4)15-37-16-33/h6-11,13,26,30-31H,5,12,14-17H2,1-4H3,(H,35,36). The topological polar surface area (TPSA) is 65.0 Å². The summed E-state index contributed by atoms with van der Waals surface area (Å²) in [7, 11) is 0. The van der Waals surface area contributed by atoms with Crippen LogP contribution in [0.15, 0.2) is 42.5 Å². The fraction of sp³-hybridized carbons (Fsp3) is 0.424. The van der Waals surface area contributed by atoms with Gasteiger partial charge in [0.2, 0.25) is 0 Å². The SMILES string of the molecule is CCc1cc2c(cc1OCc1cc(-c3c(C)cc(OCC4(C)COC4)cc3C)ccc1F)CC1C(C(=O)O)C21. The largest absolute Gasteiger partial charge is 0.493 e. The van der Waals surface area contributed by atoms with Crippen LogP contribution in [0.1, 0.15) is 53.1 Å². The summed E-state index contributed by atoms with van der Waals surface area (Å²) < 4.78 is 32.5. The van der Waals surface area contributed by atoms with Crippen LogP contribution in [0.2, 0.25) is 0 Å². The summed E-state index contributed by atoms with van der Waals surface area (Å²) in [6, 6.07) is 13.5. The third kappa shape index (κ3) is 4.69. The second kappa shape index (κ2) is 9.67. The highest BCUT2D eigenvalue weighted by molar-refractivity contribution is 5.78. The number of carbonyl (C=O) groups is 1. The first-order valence-corrected chi connectivity index (χ1v) is 13.8. The van der Waals surface area contributed by atoms with Gasteiger partial charge in [0.15, 0.2) is 0 Å².